The lowest BCUT2D eigenvalue weighted by Gasteiger charge is -2.22. The molecule has 4 heteroatoms. The van der Waals surface area contributed by atoms with Crippen LogP contribution in [-0.2, 0) is 6.42 Å². The molecule has 0 aliphatic rings. The smallest absolute Gasteiger partial charge is 0.0611 e. The van der Waals surface area contributed by atoms with E-state index in [1.807, 2.05) is 18.2 Å². The number of aliphatic hydroxyl groups is 1. The van der Waals surface area contributed by atoms with Crippen LogP contribution in [0.3, 0.4) is 0 Å². The molecule has 1 atom stereocenters. The van der Waals surface area contributed by atoms with E-state index >= 15 is 0 Å². The monoisotopic (exact) mass is 277 g/mol. The maximum Gasteiger partial charge on any atom is 0.0611 e. The lowest BCUT2D eigenvalue weighted by molar-refractivity contribution is 0.208. The van der Waals surface area contributed by atoms with E-state index in [2.05, 4.69) is 15.9 Å². The summed E-state index contributed by atoms with van der Waals surface area (Å²) in [6.45, 7) is 1.74. The van der Waals surface area contributed by atoms with Gasteiger partial charge in [-0.05, 0) is 37.1 Å². The molecule has 1 aromatic carbocycles. The summed E-state index contributed by atoms with van der Waals surface area (Å²) in [5.74, 6) is 0. The van der Waals surface area contributed by atoms with Crippen LogP contribution in [0, 0.1) is 0 Å². The van der Waals surface area contributed by atoms with Gasteiger partial charge < -0.3 is 10.8 Å². The maximum absolute atomic E-state index is 9.04. The standard InChI is InChI=1S/C10H13BrClNO/c1-10(13,6-14)5-7-4-8(11)2-3-9(7)12/h2-4,14H,5-6,13H2,1H3. The van der Waals surface area contributed by atoms with Crippen LogP contribution in [0.2, 0.25) is 5.02 Å². The molecule has 1 rings (SSSR count). The minimum absolute atomic E-state index is 0.0597. The van der Waals surface area contributed by atoms with Crippen molar-refractivity contribution < 1.29 is 5.11 Å². The zero-order valence-corrected chi connectivity index (χ0v) is 10.3. The molecule has 78 valence electrons. The van der Waals surface area contributed by atoms with Gasteiger partial charge in [-0.25, -0.2) is 0 Å². The van der Waals surface area contributed by atoms with Gasteiger partial charge in [-0.15, -0.1) is 0 Å². The van der Waals surface area contributed by atoms with Gasteiger partial charge in [0.1, 0.15) is 0 Å². The highest BCUT2D eigenvalue weighted by atomic mass is 79.9. The SMILES string of the molecule is CC(N)(CO)Cc1cc(Br)ccc1Cl. The van der Waals surface area contributed by atoms with Crippen LogP contribution in [0.4, 0.5) is 0 Å². The highest BCUT2D eigenvalue weighted by Gasteiger charge is 2.19. The number of nitrogens with two attached hydrogens (primary N) is 1. The summed E-state index contributed by atoms with van der Waals surface area (Å²) in [5, 5.41) is 9.71. The van der Waals surface area contributed by atoms with Crippen LogP contribution in [-0.4, -0.2) is 17.3 Å². The summed E-state index contributed by atoms with van der Waals surface area (Å²) in [4.78, 5) is 0. The molecule has 0 aromatic heterocycles. The molecule has 14 heavy (non-hydrogen) atoms. The second-order valence-electron chi connectivity index (χ2n) is 3.72. The number of rotatable bonds is 3. The molecule has 0 fully saturated rings. The number of aliphatic hydroxyl groups excluding tert-OH is 1. The molecule has 1 unspecified atom stereocenters. The quantitative estimate of drug-likeness (QED) is 0.891. The fourth-order valence-electron chi connectivity index (χ4n) is 1.17. The van der Waals surface area contributed by atoms with Crippen molar-refractivity contribution in [1.29, 1.82) is 0 Å². The second kappa shape index (κ2) is 4.62. The highest BCUT2D eigenvalue weighted by molar-refractivity contribution is 9.10. The molecule has 0 amide bonds. The molecule has 3 N–H and O–H groups in total. The highest BCUT2D eigenvalue weighted by Crippen LogP contribution is 2.23. The minimum atomic E-state index is -0.621. The maximum atomic E-state index is 9.04. The zero-order chi connectivity index (χ0) is 10.8. The van der Waals surface area contributed by atoms with Gasteiger partial charge in [-0.1, -0.05) is 27.5 Å². The third-order valence-electron chi connectivity index (χ3n) is 1.96. The van der Waals surface area contributed by atoms with E-state index in [1.54, 1.807) is 6.92 Å². The summed E-state index contributed by atoms with van der Waals surface area (Å²) in [5.41, 5.74) is 6.17. The fraction of sp³-hybridized carbons (Fsp3) is 0.400. The van der Waals surface area contributed by atoms with Crippen LogP contribution < -0.4 is 5.73 Å². The lowest BCUT2D eigenvalue weighted by Crippen LogP contribution is -2.42. The Balaban J connectivity index is 2.91. The average molecular weight is 279 g/mol. The van der Waals surface area contributed by atoms with Crippen molar-refractivity contribution in [1.82, 2.24) is 0 Å². The first-order valence-corrected chi connectivity index (χ1v) is 5.45. The lowest BCUT2D eigenvalue weighted by atomic mass is 9.95. The predicted molar refractivity (Wildman–Crippen MR) is 62.5 cm³/mol. The molecule has 0 spiro atoms. The summed E-state index contributed by atoms with van der Waals surface area (Å²) < 4.78 is 0.964. The van der Waals surface area contributed by atoms with Crippen LogP contribution in [0.1, 0.15) is 12.5 Å². The summed E-state index contributed by atoms with van der Waals surface area (Å²) in [6, 6.07) is 5.61. The third-order valence-corrected chi connectivity index (χ3v) is 2.83. The molecule has 1 aromatic rings. The zero-order valence-electron chi connectivity index (χ0n) is 7.93. The van der Waals surface area contributed by atoms with Crippen molar-refractivity contribution in [2.75, 3.05) is 6.61 Å². The van der Waals surface area contributed by atoms with Crippen molar-refractivity contribution in [3.63, 3.8) is 0 Å². The Morgan fingerprint density at radius 1 is 1.57 bits per heavy atom. The third kappa shape index (κ3) is 3.24. The Bertz CT molecular complexity index is 328. The first-order valence-electron chi connectivity index (χ1n) is 4.28. The van der Waals surface area contributed by atoms with Crippen molar-refractivity contribution in [3.05, 3.63) is 33.3 Å². The second-order valence-corrected chi connectivity index (χ2v) is 5.05. The van der Waals surface area contributed by atoms with Gasteiger partial charge in [0.05, 0.1) is 6.61 Å². The predicted octanol–water partition coefficient (Wildman–Crippen LogP) is 2.35. The first kappa shape index (κ1) is 12.0. The summed E-state index contributed by atoms with van der Waals surface area (Å²) >= 11 is 9.37. The van der Waals surface area contributed by atoms with E-state index in [-0.39, 0.29) is 6.61 Å². The normalized spacial score (nSPS) is 15.2. The van der Waals surface area contributed by atoms with Gasteiger partial charge in [-0.2, -0.15) is 0 Å². The van der Waals surface area contributed by atoms with E-state index in [1.165, 1.54) is 0 Å². The molecule has 0 aliphatic heterocycles. The van der Waals surface area contributed by atoms with E-state index in [9.17, 15) is 0 Å². The Labute approximate surface area is 97.2 Å². The number of hydrogen-bond donors (Lipinski definition) is 2. The summed E-state index contributed by atoms with van der Waals surface area (Å²) in [7, 11) is 0. The molecule has 0 radical (unpaired) electrons. The fourth-order valence-corrected chi connectivity index (χ4v) is 1.76. The molecule has 0 saturated heterocycles. The Morgan fingerprint density at radius 2 is 2.21 bits per heavy atom. The molecular weight excluding hydrogens is 265 g/mol. The van der Waals surface area contributed by atoms with Crippen molar-refractivity contribution in [2.45, 2.75) is 18.9 Å². The molecule has 0 heterocycles. The van der Waals surface area contributed by atoms with Gasteiger partial charge in [0.2, 0.25) is 0 Å². The van der Waals surface area contributed by atoms with Gasteiger partial charge in [-0.3, -0.25) is 0 Å². The van der Waals surface area contributed by atoms with E-state index in [4.69, 9.17) is 22.4 Å². The molecule has 0 bridgehead atoms. The van der Waals surface area contributed by atoms with Crippen molar-refractivity contribution in [2.24, 2.45) is 5.73 Å². The molecular formula is C10H13BrClNO. The van der Waals surface area contributed by atoms with Crippen LogP contribution in [0.25, 0.3) is 0 Å². The van der Waals surface area contributed by atoms with Crippen molar-refractivity contribution >= 4 is 27.5 Å². The minimum Gasteiger partial charge on any atom is -0.394 e. The number of benzene rings is 1. The Hall–Kier alpha value is -0.0900. The van der Waals surface area contributed by atoms with Crippen LogP contribution in [0.15, 0.2) is 22.7 Å². The molecule has 0 aliphatic carbocycles. The van der Waals surface area contributed by atoms with Gasteiger partial charge >= 0.3 is 0 Å². The van der Waals surface area contributed by atoms with Crippen LogP contribution in [0.5, 0.6) is 0 Å². The van der Waals surface area contributed by atoms with E-state index in [0.29, 0.717) is 11.4 Å². The van der Waals surface area contributed by atoms with Crippen LogP contribution >= 0.6 is 27.5 Å². The summed E-state index contributed by atoms with van der Waals surface area (Å²) in [6.07, 6.45) is 0.557. The molecule has 0 saturated carbocycles. The first-order chi connectivity index (χ1) is 6.44. The largest absolute Gasteiger partial charge is 0.394 e. The van der Waals surface area contributed by atoms with Gasteiger partial charge in [0.15, 0.2) is 0 Å². The van der Waals surface area contributed by atoms with E-state index < -0.39 is 5.54 Å². The van der Waals surface area contributed by atoms with Gasteiger partial charge in [0.25, 0.3) is 0 Å². The molecule has 2 nitrogen and oxygen atoms in total. The number of hydrogen-bond acceptors (Lipinski definition) is 2. The number of halogens is 2. The Morgan fingerprint density at radius 3 is 2.79 bits per heavy atom. The average Bonchev–Trinajstić information content (AvgIpc) is 2.11. The van der Waals surface area contributed by atoms with E-state index in [0.717, 1.165) is 10.0 Å². The van der Waals surface area contributed by atoms with Crippen molar-refractivity contribution in [3.8, 4) is 0 Å². The van der Waals surface area contributed by atoms with Gasteiger partial charge in [0, 0.05) is 15.0 Å². The topological polar surface area (TPSA) is 46.2 Å². The Kier molecular flexibility index (Phi) is 3.95.